The molecule has 1 amide bonds. The average molecular weight is 410 g/mol. The summed E-state index contributed by atoms with van der Waals surface area (Å²) in [4.78, 5) is 18.3. The normalized spacial score (nSPS) is 10.6. The molecule has 3 aromatic carbocycles. The van der Waals surface area contributed by atoms with Crippen LogP contribution in [0.1, 0.15) is 22.8 Å². The number of carbonyl (C=O) groups is 1. The molecule has 0 aliphatic carbocycles. The van der Waals surface area contributed by atoms with Gasteiger partial charge in [0.1, 0.15) is 5.75 Å². The highest BCUT2D eigenvalue weighted by Crippen LogP contribution is 2.33. The van der Waals surface area contributed by atoms with Gasteiger partial charge in [-0.2, -0.15) is 5.10 Å². The van der Waals surface area contributed by atoms with Crippen molar-refractivity contribution in [3.8, 4) is 16.9 Å². The minimum absolute atomic E-state index is 0.0982. The molecule has 1 aromatic heterocycles. The van der Waals surface area contributed by atoms with Gasteiger partial charge in [0.05, 0.1) is 24.9 Å². The SMILES string of the molecule is [C-]#[N+]c1cccc(-c2ccc(C(=O)N(C)Cc3cccc4cn[nH]c34)cc2OCC)c1. The summed E-state index contributed by atoms with van der Waals surface area (Å²) in [6, 6.07) is 18.8. The second-order valence-corrected chi connectivity index (χ2v) is 7.22. The van der Waals surface area contributed by atoms with E-state index in [0.29, 0.717) is 30.2 Å². The van der Waals surface area contributed by atoms with Crippen molar-refractivity contribution in [2.45, 2.75) is 13.5 Å². The molecule has 0 aliphatic heterocycles. The van der Waals surface area contributed by atoms with Crippen LogP contribution < -0.4 is 4.74 Å². The maximum atomic E-state index is 13.1. The van der Waals surface area contributed by atoms with Crippen LogP contribution in [0, 0.1) is 6.57 Å². The predicted molar refractivity (Wildman–Crippen MR) is 121 cm³/mol. The minimum atomic E-state index is -0.0982. The Morgan fingerprint density at radius 1 is 1.16 bits per heavy atom. The number of hydrogen-bond donors (Lipinski definition) is 1. The Morgan fingerprint density at radius 2 is 2.00 bits per heavy atom. The van der Waals surface area contributed by atoms with Crippen LogP contribution in [0.4, 0.5) is 5.69 Å². The van der Waals surface area contributed by atoms with Crippen LogP contribution in [0.2, 0.25) is 0 Å². The summed E-state index contributed by atoms with van der Waals surface area (Å²) >= 11 is 0. The first-order chi connectivity index (χ1) is 15.1. The number of H-pyrrole nitrogens is 1. The maximum absolute atomic E-state index is 13.1. The van der Waals surface area contributed by atoms with E-state index >= 15 is 0 Å². The first-order valence-electron chi connectivity index (χ1n) is 10.0. The number of para-hydroxylation sites is 1. The maximum Gasteiger partial charge on any atom is 0.254 e. The highest BCUT2D eigenvalue weighted by molar-refractivity contribution is 5.96. The lowest BCUT2D eigenvalue weighted by molar-refractivity contribution is 0.0785. The topological polar surface area (TPSA) is 62.6 Å². The smallest absolute Gasteiger partial charge is 0.254 e. The van der Waals surface area contributed by atoms with Crippen molar-refractivity contribution in [1.82, 2.24) is 15.1 Å². The monoisotopic (exact) mass is 410 g/mol. The van der Waals surface area contributed by atoms with E-state index < -0.39 is 0 Å². The van der Waals surface area contributed by atoms with Gasteiger partial charge in [0, 0.05) is 30.1 Å². The zero-order chi connectivity index (χ0) is 21.8. The average Bonchev–Trinajstić information content (AvgIpc) is 3.29. The molecule has 1 heterocycles. The molecule has 6 nitrogen and oxygen atoms in total. The van der Waals surface area contributed by atoms with Crippen LogP contribution in [0.3, 0.4) is 0 Å². The molecule has 0 saturated heterocycles. The number of aromatic amines is 1. The highest BCUT2D eigenvalue weighted by Gasteiger charge is 2.17. The Balaban J connectivity index is 1.62. The van der Waals surface area contributed by atoms with Crippen LogP contribution in [0.15, 0.2) is 66.9 Å². The summed E-state index contributed by atoms with van der Waals surface area (Å²) in [6.45, 7) is 10.1. The summed E-state index contributed by atoms with van der Waals surface area (Å²) in [7, 11) is 1.78. The van der Waals surface area contributed by atoms with E-state index in [1.165, 1.54) is 0 Å². The molecule has 0 aliphatic rings. The molecule has 4 aromatic rings. The van der Waals surface area contributed by atoms with Gasteiger partial charge in [-0.25, -0.2) is 4.85 Å². The third-order valence-electron chi connectivity index (χ3n) is 5.13. The fourth-order valence-electron chi connectivity index (χ4n) is 3.62. The van der Waals surface area contributed by atoms with Crippen LogP contribution >= 0.6 is 0 Å². The third-order valence-corrected chi connectivity index (χ3v) is 5.13. The van der Waals surface area contributed by atoms with Gasteiger partial charge in [-0.1, -0.05) is 36.4 Å². The first kappa shape index (κ1) is 20.2. The lowest BCUT2D eigenvalue weighted by atomic mass is 10.0. The number of hydrogen-bond acceptors (Lipinski definition) is 3. The zero-order valence-corrected chi connectivity index (χ0v) is 17.4. The van der Waals surface area contributed by atoms with Crippen molar-refractivity contribution in [3.63, 3.8) is 0 Å². The number of nitrogens with zero attached hydrogens (tertiary/aromatic N) is 3. The van der Waals surface area contributed by atoms with E-state index in [9.17, 15) is 4.79 Å². The summed E-state index contributed by atoms with van der Waals surface area (Å²) in [5, 5.41) is 8.11. The van der Waals surface area contributed by atoms with Crippen molar-refractivity contribution in [3.05, 3.63) is 89.4 Å². The minimum Gasteiger partial charge on any atom is -0.493 e. The Morgan fingerprint density at radius 3 is 2.81 bits per heavy atom. The molecule has 4 rings (SSSR count). The predicted octanol–water partition coefficient (Wildman–Crippen LogP) is 5.45. The molecular weight excluding hydrogens is 388 g/mol. The Kier molecular flexibility index (Phi) is 5.67. The third kappa shape index (κ3) is 4.12. The zero-order valence-electron chi connectivity index (χ0n) is 17.4. The number of benzene rings is 3. The van der Waals surface area contributed by atoms with Crippen LogP contribution in [-0.4, -0.2) is 34.7 Å². The Bertz CT molecular complexity index is 1290. The van der Waals surface area contributed by atoms with Gasteiger partial charge >= 0.3 is 0 Å². The molecule has 6 heteroatoms. The molecule has 0 unspecified atom stereocenters. The second-order valence-electron chi connectivity index (χ2n) is 7.22. The van der Waals surface area contributed by atoms with E-state index in [1.54, 1.807) is 36.3 Å². The van der Waals surface area contributed by atoms with Gasteiger partial charge < -0.3 is 9.64 Å². The van der Waals surface area contributed by atoms with Gasteiger partial charge in [-0.15, -0.1) is 0 Å². The number of rotatable bonds is 6. The van der Waals surface area contributed by atoms with E-state index in [1.807, 2.05) is 49.4 Å². The molecule has 0 saturated carbocycles. The Labute approximate surface area is 180 Å². The fourth-order valence-corrected chi connectivity index (χ4v) is 3.62. The number of fused-ring (bicyclic) bond motifs is 1. The van der Waals surface area contributed by atoms with Gasteiger partial charge in [0.2, 0.25) is 0 Å². The number of carbonyl (C=O) groups excluding carboxylic acids is 1. The molecule has 0 atom stereocenters. The molecule has 0 spiro atoms. The van der Waals surface area contributed by atoms with Crippen molar-refractivity contribution in [2.75, 3.05) is 13.7 Å². The van der Waals surface area contributed by atoms with Gasteiger partial charge in [-0.3, -0.25) is 9.89 Å². The largest absolute Gasteiger partial charge is 0.493 e. The van der Waals surface area contributed by atoms with Crippen LogP contribution in [0.5, 0.6) is 5.75 Å². The lowest BCUT2D eigenvalue weighted by Gasteiger charge is -2.19. The standard InChI is InChI=1S/C25H22N4O2/c1-4-31-23-14-18(11-12-22(23)17-7-6-10-21(13-17)26-2)25(30)29(3)16-20-9-5-8-19-15-27-28-24(19)20/h5-15H,4,16H2,1,3H3,(H,27,28). The summed E-state index contributed by atoms with van der Waals surface area (Å²) in [5.74, 6) is 0.526. The molecular formula is C25H22N4O2. The highest BCUT2D eigenvalue weighted by atomic mass is 16.5. The summed E-state index contributed by atoms with van der Waals surface area (Å²) in [5.41, 5.74) is 4.79. The fraction of sp³-hybridized carbons (Fsp3) is 0.160. The van der Waals surface area contributed by atoms with Gasteiger partial charge in [0.25, 0.3) is 5.91 Å². The van der Waals surface area contributed by atoms with Crippen LogP contribution in [-0.2, 0) is 6.54 Å². The first-order valence-corrected chi connectivity index (χ1v) is 10.0. The Hall–Kier alpha value is -4.11. The van der Waals surface area contributed by atoms with Crippen molar-refractivity contribution in [1.29, 1.82) is 0 Å². The van der Waals surface area contributed by atoms with E-state index in [2.05, 4.69) is 15.0 Å². The quantitative estimate of drug-likeness (QED) is 0.430. The second kappa shape index (κ2) is 8.72. The van der Waals surface area contributed by atoms with Crippen LogP contribution in [0.25, 0.3) is 26.9 Å². The molecule has 31 heavy (non-hydrogen) atoms. The molecule has 154 valence electrons. The number of nitrogens with one attached hydrogen (secondary N) is 1. The summed E-state index contributed by atoms with van der Waals surface area (Å²) in [6.07, 6.45) is 1.77. The molecule has 1 N–H and O–H groups in total. The summed E-state index contributed by atoms with van der Waals surface area (Å²) < 4.78 is 5.84. The number of amides is 1. The molecule has 0 fully saturated rings. The van der Waals surface area contributed by atoms with E-state index in [0.717, 1.165) is 27.6 Å². The van der Waals surface area contributed by atoms with Gasteiger partial charge in [-0.05, 0) is 42.3 Å². The van der Waals surface area contributed by atoms with Crippen molar-refractivity contribution >= 4 is 22.5 Å². The number of aromatic nitrogens is 2. The van der Waals surface area contributed by atoms with E-state index in [-0.39, 0.29) is 5.91 Å². The molecule has 0 bridgehead atoms. The van der Waals surface area contributed by atoms with E-state index in [4.69, 9.17) is 11.3 Å². The molecule has 0 radical (unpaired) electrons. The van der Waals surface area contributed by atoms with Crippen molar-refractivity contribution < 1.29 is 9.53 Å². The lowest BCUT2D eigenvalue weighted by Crippen LogP contribution is -2.26. The van der Waals surface area contributed by atoms with Gasteiger partial charge in [0.15, 0.2) is 5.69 Å². The number of ether oxygens (including phenoxy) is 1. The van der Waals surface area contributed by atoms with Crippen molar-refractivity contribution in [2.24, 2.45) is 0 Å².